The average Bonchev–Trinajstić information content (AvgIpc) is 3.46. The van der Waals surface area contributed by atoms with Crippen LogP contribution >= 0.6 is 23.1 Å². The molecular formula is C18H14N4O4S2. The van der Waals surface area contributed by atoms with Gasteiger partial charge < -0.3 is 13.8 Å². The number of aryl methyl sites for hydroxylation is 1. The van der Waals surface area contributed by atoms with Crippen LogP contribution < -0.4 is 0 Å². The van der Waals surface area contributed by atoms with Gasteiger partial charge in [-0.2, -0.15) is 9.97 Å². The number of rotatable bonds is 7. The Morgan fingerprint density at radius 2 is 1.96 bits per heavy atom. The van der Waals surface area contributed by atoms with E-state index in [0.29, 0.717) is 28.9 Å². The van der Waals surface area contributed by atoms with Crippen LogP contribution in [0.25, 0.3) is 10.7 Å². The maximum absolute atomic E-state index is 12.5. The second-order valence-corrected chi connectivity index (χ2v) is 7.55. The average molecular weight is 414 g/mol. The summed E-state index contributed by atoms with van der Waals surface area (Å²) in [4.78, 5) is 22.6. The lowest BCUT2D eigenvalue weighted by Crippen LogP contribution is -2.07. The third-order valence-corrected chi connectivity index (χ3v) is 5.49. The van der Waals surface area contributed by atoms with Crippen LogP contribution in [-0.2, 0) is 17.1 Å². The SMILES string of the molecule is Cc1noc(CSc2ccccc2C(=O)OCc2nc(-c3cccs3)no2)n1. The maximum atomic E-state index is 12.5. The first kappa shape index (κ1) is 18.4. The van der Waals surface area contributed by atoms with E-state index >= 15 is 0 Å². The Kier molecular flexibility index (Phi) is 5.49. The van der Waals surface area contributed by atoms with Crippen LogP contribution in [-0.4, -0.2) is 26.3 Å². The summed E-state index contributed by atoms with van der Waals surface area (Å²) in [7, 11) is 0. The number of carbonyl (C=O) groups is 1. The summed E-state index contributed by atoms with van der Waals surface area (Å²) in [6, 6.07) is 11.0. The lowest BCUT2D eigenvalue weighted by atomic mass is 10.2. The molecule has 0 aliphatic rings. The number of thiophene rings is 1. The zero-order valence-electron chi connectivity index (χ0n) is 14.7. The van der Waals surface area contributed by atoms with E-state index in [-0.39, 0.29) is 12.5 Å². The Morgan fingerprint density at radius 1 is 1.11 bits per heavy atom. The van der Waals surface area contributed by atoms with E-state index in [0.717, 1.165) is 9.77 Å². The number of esters is 1. The Hall–Kier alpha value is -2.98. The molecule has 0 fully saturated rings. The molecule has 0 saturated carbocycles. The van der Waals surface area contributed by atoms with Crippen molar-refractivity contribution in [2.45, 2.75) is 24.2 Å². The van der Waals surface area contributed by atoms with E-state index in [1.165, 1.54) is 23.1 Å². The number of benzene rings is 1. The highest BCUT2D eigenvalue weighted by atomic mass is 32.2. The van der Waals surface area contributed by atoms with Crippen molar-refractivity contribution in [2.24, 2.45) is 0 Å². The minimum absolute atomic E-state index is 0.0982. The van der Waals surface area contributed by atoms with Crippen molar-refractivity contribution < 1.29 is 18.6 Å². The van der Waals surface area contributed by atoms with Crippen molar-refractivity contribution in [3.05, 3.63) is 64.9 Å². The molecule has 3 heterocycles. The van der Waals surface area contributed by atoms with Gasteiger partial charge in [0, 0.05) is 4.90 Å². The second kappa shape index (κ2) is 8.36. The Morgan fingerprint density at radius 3 is 2.75 bits per heavy atom. The van der Waals surface area contributed by atoms with Gasteiger partial charge in [0.15, 0.2) is 12.4 Å². The third-order valence-electron chi connectivity index (χ3n) is 3.56. The van der Waals surface area contributed by atoms with Gasteiger partial charge in [0.05, 0.1) is 16.2 Å². The molecule has 0 amide bonds. The normalized spacial score (nSPS) is 10.9. The lowest BCUT2D eigenvalue weighted by molar-refractivity contribution is 0.0425. The monoisotopic (exact) mass is 414 g/mol. The summed E-state index contributed by atoms with van der Waals surface area (Å²) in [6.45, 7) is 1.66. The molecule has 0 atom stereocenters. The number of ether oxygens (including phenoxy) is 1. The third kappa shape index (κ3) is 4.29. The zero-order chi connectivity index (χ0) is 19.3. The van der Waals surface area contributed by atoms with Crippen LogP contribution in [0.15, 0.2) is 55.7 Å². The van der Waals surface area contributed by atoms with Gasteiger partial charge in [-0.15, -0.1) is 23.1 Å². The molecule has 0 saturated heterocycles. The first-order valence-corrected chi connectivity index (χ1v) is 10.1. The van der Waals surface area contributed by atoms with Crippen molar-refractivity contribution in [3.63, 3.8) is 0 Å². The van der Waals surface area contributed by atoms with Crippen molar-refractivity contribution in [3.8, 4) is 10.7 Å². The largest absolute Gasteiger partial charge is 0.452 e. The zero-order valence-corrected chi connectivity index (χ0v) is 16.3. The van der Waals surface area contributed by atoms with Gasteiger partial charge >= 0.3 is 5.97 Å². The lowest BCUT2D eigenvalue weighted by Gasteiger charge is -2.07. The van der Waals surface area contributed by atoms with Crippen LogP contribution in [0.1, 0.15) is 28.0 Å². The Balaban J connectivity index is 1.39. The van der Waals surface area contributed by atoms with Gasteiger partial charge in [0.1, 0.15) is 0 Å². The van der Waals surface area contributed by atoms with Crippen molar-refractivity contribution >= 4 is 29.1 Å². The molecule has 0 bridgehead atoms. The minimum Gasteiger partial charge on any atom is -0.452 e. The molecule has 0 aliphatic carbocycles. The quantitative estimate of drug-likeness (QED) is 0.326. The molecule has 4 rings (SSSR count). The summed E-state index contributed by atoms with van der Waals surface area (Å²) >= 11 is 2.92. The van der Waals surface area contributed by atoms with Crippen LogP contribution in [0, 0.1) is 6.92 Å². The molecule has 142 valence electrons. The highest BCUT2D eigenvalue weighted by Gasteiger charge is 2.16. The van der Waals surface area contributed by atoms with E-state index in [1.54, 1.807) is 19.1 Å². The van der Waals surface area contributed by atoms with E-state index < -0.39 is 5.97 Å². The Bertz CT molecular complexity index is 1070. The smallest absolute Gasteiger partial charge is 0.339 e. The van der Waals surface area contributed by atoms with Crippen LogP contribution in [0.5, 0.6) is 0 Å². The summed E-state index contributed by atoms with van der Waals surface area (Å²) < 4.78 is 15.6. The van der Waals surface area contributed by atoms with Gasteiger partial charge in [-0.25, -0.2) is 4.79 Å². The molecule has 0 radical (unpaired) electrons. The predicted octanol–water partition coefficient (Wildman–Crippen LogP) is 4.14. The van der Waals surface area contributed by atoms with Gasteiger partial charge in [-0.3, -0.25) is 0 Å². The van der Waals surface area contributed by atoms with E-state index in [4.69, 9.17) is 13.8 Å². The molecule has 0 unspecified atom stereocenters. The van der Waals surface area contributed by atoms with Gasteiger partial charge in [0.2, 0.25) is 11.7 Å². The van der Waals surface area contributed by atoms with Gasteiger partial charge in [-0.05, 0) is 30.5 Å². The summed E-state index contributed by atoms with van der Waals surface area (Å²) in [5, 5.41) is 9.58. The number of aromatic nitrogens is 4. The van der Waals surface area contributed by atoms with Crippen LogP contribution in [0.2, 0.25) is 0 Å². The molecule has 10 heteroatoms. The number of thioether (sulfide) groups is 1. The van der Waals surface area contributed by atoms with E-state index in [9.17, 15) is 4.79 Å². The van der Waals surface area contributed by atoms with Crippen molar-refractivity contribution in [2.75, 3.05) is 0 Å². The fourth-order valence-electron chi connectivity index (χ4n) is 2.32. The molecule has 3 aromatic heterocycles. The molecule has 0 N–H and O–H groups in total. The van der Waals surface area contributed by atoms with Gasteiger partial charge in [-0.1, -0.05) is 28.5 Å². The van der Waals surface area contributed by atoms with Crippen molar-refractivity contribution in [1.82, 2.24) is 20.3 Å². The molecule has 0 spiro atoms. The molecular weight excluding hydrogens is 400 g/mol. The molecule has 28 heavy (non-hydrogen) atoms. The summed E-state index contributed by atoms with van der Waals surface area (Å²) in [5.74, 6) is 1.78. The fourth-order valence-corrected chi connectivity index (χ4v) is 3.85. The minimum atomic E-state index is -0.472. The first-order valence-electron chi connectivity index (χ1n) is 8.23. The number of carbonyl (C=O) groups excluding carboxylic acids is 1. The van der Waals surface area contributed by atoms with Crippen LogP contribution in [0.4, 0.5) is 0 Å². The van der Waals surface area contributed by atoms with Crippen molar-refractivity contribution in [1.29, 1.82) is 0 Å². The molecule has 1 aromatic carbocycles. The molecule has 4 aromatic rings. The Labute approximate surface area is 167 Å². The summed E-state index contributed by atoms with van der Waals surface area (Å²) in [6.07, 6.45) is 0. The standard InChI is InChI=1S/C18H14N4O4S2/c1-11-19-16(26-21-11)10-28-13-6-3-2-5-12(13)18(23)24-9-15-20-17(22-25-15)14-7-4-8-27-14/h2-8H,9-10H2,1H3. The summed E-state index contributed by atoms with van der Waals surface area (Å²) in [5.41, 5.74) is 0.446. The van der Waals surface area contributed by atoms with E-state index in [1.807, 2.05) is 29.6 Å². The highest BCUT2D eigenvalue weighted by molar-refractivity contribution is 7.98. The highest BCUT2D eigenvalue weighted by Crippen LogP contribution is 2.27. The fraction of sp³-hybridized carbons (Fsp3) is 0.167. The topological polar surface area (TPSA) is 104 Å². The first-order chi connectivity index (χ1) is 13.7. The second-order valence-electron chi connectivity index (χ2n) is 5.59. The van der Waals surface area contributed by atoms with Gasteiger partial charge in [0.25, 0.3) is 5.89 Å². The van der Waals surface area contributed by atoms with Crippen LogP contribution in [0.3, 0.4) is 0 Å². The maximum Gasteiger partial charge on any atom is 0.339 e. The predicted molar refractivity (Wildman–Crippen MR) is 102 cm³/mol. The number of hydrogen-bond donors (Lipinski definition) is 0. The number of hydrogen-bond acceptors (Lipinski definition) is 10. The molecule has 8 nitrogen and oxygen atoms in total. The molecule has 0 aliphatic heterocycles. The number of nitrogens with zero attached hydrogens (tertiary/aromatic N) is 4. The van der Waals surface area contributed by atoms with E-state index in [2.05, 4.69) is 20.3 Å².